The minimum Gasteiger partial charge on any atom is -0.314 e. The Kier molecular flexibility index (Phi) is 2.91. The van der Waals surface area contributed by atoms with Crippen LogP contribution >= 0.6 is 11.8 Å². The quantitative estimate of drug-likeness (QED) is 0.735. The van der Waals surface area contributed by atoms with Crippen molar-refractivity contribution in [3.8, 4) is 0 Å². The van der Waals surface area contributed by atoms with E-state index in [-0.39, 0.29) is 0 Å². The van der Waals surface area contributed by atoms with Crippen LogP contribution in [0, 0.1) is 6.92 Å². The zero-order chi connectivity index (χ0) is 9.10. The average Bonchev–Trinajstić information content (AvgIpc) is 2.20. The molecule has 1 nitrogen and oxygen atoms in total. The molecule has 1 saturated heterocycles. The zero-order valence-corrected chi connectivity index (χ0v) is 8.73. The van der Waals surface area contributed by atoms with Crippen LogP contribution in [0.3, 0.4) is 0 Å². The second-order valence-electron chi connectivity index (χ2n) is 3.47. The summed E-state index contributed by atoms with van der Waals surface area (Å²) in [7, 11) is 0. The Labute approximate surface area is 83.9 Å². The normalized spacial score (nSPS) is 23.0. The van der Waals surface area contributed by atoms with E-state index in [0.29, 0.717) is 5.25 Å². The smallest absolute Gasteiger partial charge is 0.0422 e. The number of benzene rings is 1. The second kappa shape index (κ2) is 4.16. The molecule has 1 aliphatic rings. The summed E-state index contributed by atoms with van der Waals surface area (Å²) >= 11 is 2.06. The monoisotopic (exact) mass is 193 g/mol. The summed E-state index contributed by atoms with van der Waals surface area (Å²) in [5, 5.41) is 4.09. The van der Waals surface area contributed by atoms with Crippen LogP contribution in [0.5, 0.6) is 0 Å². The maximum absolute atomic E-state index is 3.43. The van der Waals surface area contributed by atoms with E-state index in [2.05, 4.69) is 48.3 Å². The van der Waals surface area contributed by atoms with Crippen molar-refractivity contribution in [3.05, 3.63) is 35.4 Å². The minimum absolute atomic E-state index is 0.661. The van der Waals surface area contributed by atoms with E-state index < -0.39 is 0 Å². The molecule has 0 spiro atoms. The van der Waals surface area contributed by atoms with Gasteiger partial charge in [0.15, 0.2) is 0 Å². The lowest BCUT2D eigenvalue weighted by Crippen LogP contribution is -2.28. The molecule has 1 aromatic rings. The van der Waals surface area contributed by atoms with E-state index in [4.69, 9.17) is 0 Å². The number of rotatable bonds is 1. The maximum atomic E-state index is 3.43. The van der Waals surface area contributed by atoms with Crippen LogP contribution in [-0.4, -0.2) is 18.8 Å². The Morgan fingerprint density at radius 1 is 1.31 bits per heavy atom. The fraction of sp³-hybridized carbons (Fsp3) is 0.455. The fourth-order valence-electron chi connectivity index (χ4n) is 1.56. The van der Waals surface area contributed by atoms with Crippen molar-refractivity contribution in [2.24, 2.45) is 0 Å². The molecule has 0 aromatic heterocycles. The van der Waals surface area contributed by atoms with Gasteiger partial charge >= 0.3 is 0 Å². The summed E-state index contributed by atoms with van der Waals surface area (Å²) in [5.41, 5.74) is 2.81. The third kappa shape index (κ3) is 2.26. The first-order valence-electron chi connectivity index (χ1n) is 4.75. The van der Waals surface area contributed by atoms with Crippen LogP contribution in [0.15, 0.2) is 24.3 Å². The molecule has 1 N–H and O–H groups in total. The van der Waals surface area contributed by atoms with Gasteiger partial charge in [-0.2, -0.15) is 11.8 Å². The van der Waals surface area contributed by atoms with Gasteiger partial charge in [0.1, 0.15) is 0 Å². The summed E-state index contributed by atoms with van der Waals surface area (Å²) in [5.74, 6) is 1.23. The van der Waals surface area contributed by atoms with Crippen molar-refractivity contribution in [1.82, 2.24) is 5.32 Å². The number of hydrogen-bond acceptors (Lipinski definition) is 2. The summed E-state index contributed by atoms with van der Waals surface area (Å²) in [6.07, 6.45) is 0. The predicted octanol–water partition coefficient (Wildman–Crippen LogP) is 2.37. The van der Waals surface area contributed by atoms with Gasteiger partial charge in [-0.1, -0.05) is 29.8 Å². The molecule has 2 rings (SSSR count). The molecule has 2 heteroatoms. The van der Waals surface area contributed by atoms with Gasteiger partial charge in [0.25, 0.3) is 0 Å². The van der Waals surface area contributed by atoms with E-state index in [1.807, 2.05) is 0 Å². The topological polar surface area (TPSA) is 12.0 Å². The molecule has 1 atom stereocenters. The van der Waals surface area contributed by atoms with Crippen LogP contribution in [0.4, 0.5) is 0 Å². The Morgan fingerprint density at radius 3 is 2.69 bits per heavy atom. The van der Waals surface area contributed by atoms with Crippen LogP contribution in [0.1, 0.15) is 16.4 Å². The SMILES string of the molecule is Cc1ccc(C2CNCCS2)cc1. The van der Waals surface area contributed by atoms with Gasteiger partial charge in [-0.15, -0.1) is 0 Å². The number of nitrogens with one attached hydrogen (secondary N) is 1. The van der Waals surface area contributed by atoms with Crippen LogP contribution in [-0.2, 0) is 0 Å². The molecular weight excluding hydrogens is 178 g/mol. The van der Waals surface area contributed by atoms with Gasteiger partial charge in [0, 0.05) is 24.1 Å². The number of thioether (sulfide) groups is 1. The van der Waals surface area contributed by atoms with Gasteiger partial charge in [0.05, 0.1) is 0 Å². The van der Waals surface area contributed by atoms with Crippen LogP contribution in [0.2, 0.25) is 0 Å². The Morgan fingerprint density at radius 2 is 2.08 bits per heavy atom. The zero-order valence-electron chi connectivity index (χ0n) is 7.92. The van der Waals surface area contributed by atoms with Crippen molar-refractivity contribution in [2.75, 3.05) is 18.8 Å². The summed E-state index contributed by atoms with van der Waals surface area (Å²) in [6.45, 7) is 4.41. The van der Waals surface area contributed by atoms with Crippen molar-refractivity contribution >= 4 is 11.8 Å². The van der Waals surface area contributed by atoms with Gasteiger partial charge in [-0.25, -0.2) is 0 Å². The molecular formula is C11H15NS. The van der Waals surface area contributed by atoms with Crippen molar-refractivity contribution in [3.63, 3.8) is 0 Å². The lowest BCUT2D eigenvalue weighted by molar-refractivity contribution is 0.689. The molecule has 1 fully saturated rings. The molecule has 0 saturated carbocycles. The molecule has 0 radical (unpaired) electrons. The Bertz CT molecular complexity index is 262. The van der Waals surface area contributed by atoms with E-state index in [9.17, 15) is 0 Å². The van der Waals surface area contributed by atoms with Crippen LogP contribution in [0.25, 0.3) is 0 Å². The predicted molar refractivity (Wildman–Crippen MR) is 59.2 cm³/mol. The van der Waals surface area contributed by atoms with Crippen molar-refractivity contribution in [1.29, 1.82) is 0 Å². The largest absolute Gasteiger partial charge is 0.314 e. The minimum atomic E-state index is 0.661. The Balaban J connectivity index is 2.10. The van der Waals surface area contributed by atoms with Gasteiger partial charge < -0.3 is 5.32 Å². The molecule has 13 heavy (non-hydrogen) atoms. The van der Waals surface area contributed by atoms with Gasteiger partial charge in [0.2, 0.25) is 0 Å². The summed E-state index contributed by atoms with van der Waals surface area (Å²) < 4.78 is 0. The third-order valence-corrected chi connectivity index (χ3v) is 3.66. The summed E-state index contributed by atoms with van der Waals surface area (Å²) in [4.78, 5) is 0. The highest BCUT2D eigenvalue weighted by Gasteiger charge is 2.14. The molecule has 70 valence electrons. The molecule has 0 bridgehead atoms. The standard InChI is InChI=1S/C11H15NS/c1-9-2-4-10(5-3-9)11-8-12-6-7-13-11/h2-5,11-12H,6-8H2,1H3. The highest BCUT2D eigenvalue weighted by Crippen LogP contribution is 2.29. The highest BCUT2D eigenvalue weighted by atomic mass is 32.2. The molecule has 0 aliphatic carbocycles. The van der Waals surface area contributed by atoms with E-state index in [0.717, 1.165) is 13.1 Å². The van der Waals surface area contributed by atoms with E-state index in [1.165, 1.54) is 16.9 Å². The second-order valence-corrected chi connectivity index (χ2v) is 4.78. The van der Waals surface area contributed by atoms with E-state index in [1.54, 1.807) is 0 Å². The highest BCUT2D eigenvalue weighted by molar-refractivity contribution is 7.99. The first kappa shape index (κ1) is 9.10. The first-order chi connectivity index (χ1) is 6.36. The van der Waals surface area contributed by atoms with Gasteiger partial charge in [-0.05, 0) is 12.5 Å². The van der Waals surface area contributed by atoms with Crippen LogP contribution < -0.4 is 5.32 Å². The molecule has 1 heterocycles. The Hall–Kier alpha value is -0.470. The van der Waals surface area contributed by atoms with Crippen molar-refractivity contribution in [2.45, 2.75) is 12.2 Å². The molecule has 1 aromatic carbocycles. The number of hydrogen-bond donors (Lipinski definition) is 1. The average molecular weight is 193 g/mol. The molecule has 1 aliphatic heterocycles. The third-order valence-electron chi connectivity index (χ3n) is 2.38. The molecule has 1 unspecified atom stereocenters. The van der Waals surface area contributed by atoms with Crippen molar-refractivity contribution < 1.29 is 0 Å². The number of aryl methyl sites for hydroxylation is 1. The molecule has 0 amide bonds. The maximum Gasteiger partial charge on any atom is 0.0422 e. The van der Waals surface area contributed by atoms with Gasteiger partial charge in [-0.3, -0.25) is 0 Å². The fourth-order valence-corrected chi connectivity index (χ4v) is 2.69. The summed E-state index contributed by atoms with van der Waals surface area (Å²) in [6, 6.07) is 8.90. The lowest BCUT2D eigenvalue weighted by atomic mass is 10.1. The first-order valence-corrected chi connectivity index (χ1v) is 5.80. The lowest BCUT2D eigenvalue weighted by Gasteiger charge is -2.22. The van der Waals surface area contributed by atoms with E-state index >= 15 is 0 Å².